The van der Waals surface area contributed by atoms with E-state index in [1.807, 2.05) is 12.3 Å². The van der Waals surface area contributed by atoms with Gasteiger partial charge < -0.3 is 15.3 Å². The maximum absolute atomic E-state index is 10.9. The van der Waals surface area contributed by atoms with E-state index >= 15 is 0 Å². The minimum absolute atomic E-state index is 0.0832. The zero-order valence-corrected chi connectivity index (χ0v) is 15.2. The van der Waals surface area contributed by atoms with E-state index < -0.39 is 17.9 Å². The third kappa shape index (κ3) is 13.1. The van der Waals surface area contributed by atoms with Gasteiger partial charge in [-0.25, -0.2) is 0 Å². The summed E-state index contributed by atoms with van der Waals surface area (Å²) in [6.07, 6.45) is 9.92. The van der Waals surface area contributed by atoms with Crippen LogP contribution in [0.2, 0.25) is 0 Å². The summed E-state index contributed by atoms with van der Waals surface area (Å²) in [5, 5.41) is 26.9. The highest BCUT2D eigenvalue weighted by molar-refractivity contribution is 5.67. The Kier molecular flexibility index (Phi) is 12.4. The normalized spacial score (nSPS) is 11.7. The molecule has 0 bridgehead atoms. The molecule has 0 spiro atoms. The maximum Gasteiger partial charge on any atom is 0.309 e. The molecular formula is C18H32NO6+. The summed E-state index contributed by atoms with van der Waals surface area (Å²) < 4.78 is 0.0832. The molecule has 0 saturated carbocycles. The Bertz CT molecular complexity index is 401. The maximum atomic E-state index is 10.9. The number of unbranched alkanes of at least 4 members (excludes halogenated alkanes) is 5. The molecule has 0 aromatic carbocycles. The Hall–Kier alpha value is -1.89. The first-order valence-corrected chi connectivity index (χ1v) is 9.00. The third-order valence-corrected chi connectivity index (χ3v) is 4.21. The molecule has 7 heteroatoms. The lowest BCUT2D eigenvalue weighted by Crippen LogP contribution is -2.47. The molecule has 25 heavy (non-hydrogen) atoms. The average Bonchev–Trinajstić information content (AvgIpc) is 2.54. The smallest absolute Gasteiger partial charge is 0.309 e. The number of hydrogen-bond donors (Lipinski definition) is 3. The van der Waals surface area contributed by atoms with Crippen LogP contribution in [0.3, 0.4) is 0 Å². The largest absolute Gasteiger partial charge is 0.481 e. The van der Waals surface area contributed by atoms with Gasteiger partial charge in [0.25, 0.3) is 0 Å². The summed E-state index contributed by atoms with van der Waals surface area (Å²) in [4.78, 5) is 32.8. The van der Waals surface area contributed by atoms with Crippen LogP contribution in [0.25, 0.3) is 0 Å². The number of carboxylic acid groups (broad SMARTS) is 3. The minimum atomic E-state index is -0.971. The van der Waals surface area contributed by atoms with Crippen molar-refractivity contribution in [1.29, 1.82) is 0 Å². The Morgan fingerprint density at radius 2 is 1.20 bits per heavy atom. The highest BCUT2D eigenvalue weighted by Gasteiger charge is 2.27. The van der Waals surface area contributed by atoms with Crippen molar-refractivity contribution in [2.45, 2.75) is 64.7 Å². The third-order valence-electron chi connectivity index (χ3n) is 4.21. The van der Waals surface area contributed by atoms with Gasteiger partial charge in [-0.3, -0.25) is 18.9 Å². The van der Waals surface area contributed by atoms with E-state index in [-0.39, 0.29) is 43.4 Å². The highest BCUT2D eigenvalue weighted by atomic mass is 16.4. The summed E-state index contributed by atoms with van der Waals surface area (Å²) in [5.74, 6) is -2.91. The van der Waals surface area contributed by atoms with Crippen molar-refractivity contribution in [3.05, 3.63) is 12.3 Å². The van der Waals surface area contributed by atoms with Crippen molar-refractivity contribution in [2.24, 2.45) is 0 Å². The highest BCUT2D eigenvalue weighted by Crippen LogP contribution is 2.15. The summed E-state index contributed by atoms with van der Waals surface area (Å²) >= 11 is 0. The topological polar surface area (TPSA) is 112 Å². The molecule has 0 amide bonds. The van der Waals surface area contributed by atoms with Gasteiger partial charge in [0.15, 0.2) is 0 Å². The zero-order chi connectivity index (χ0) is 19.1. The molecule has 0 aromatic heterocycles. The molecular weight excluding hydrogens is 326 g/mol. The van der Waals surface area contributed by atoms with Crippen molar-refractivity contribution < 1.29 is 34.2 Å². The Morgan fingerprint density at radius 3 is 1.60 bits per heavy atom. The van der Waals surface area contributed by atoms with Crippen molar-refractivity contribution in [3.8, 4) is 0 Å². The number of aliphatic carboxylic acids is 3. The summed E-state index contributed by atoms with van der Waals surface area (Å²) in [6.45, 7) is 2.74. The molecule has 0 heterocycles. The first-order valence-electron chi connectivity index (χ1n) is 9.00. The van der Waals surface area contributed by atoms with Crippen molar-refractivity contribution in [2.75, 3.05) is 19.6 Å². The van der Waals surface area contributed by atoms with E-state index in [1.54, 1.807) is 0 Å². The second-order valence-corrected chi connectivity index (χ2v) is 6.41. The van der Waals surface area contributed by atoms with Gasteiger partial charge in [-0.1, -0.05) is 32.6 Å². The molecule has 0 aliphatic carbocycles. The SMILES string of the molecule is CCCCCCC/C=C/[N+](CCC(=O)O)(CCC(=O)O)CCC(=O)O. The summed E-state index contributed by atoms with van der Waals surface area (Å²) in [6, 6.07) is 0. The van der Waals surface area contributed by atoms with Crippen molar-refractivity contribution >= 4 is 17.9 Å². The molecule has 0 radical (unpaired) electrons. The number of allylic oxidation sites excluding steroid dienone is 1. The number of nitrogens with zero attached hydrogens (tertiary/aromatic N) is 1. The lowest BCUT2D eigenvalue weighted by atomic mass is 10.1. The first-order chi connectivity index (χ1) is 11.8. The fraction of sp³-hybridized carbons (Fsp3) is 0.722. The molecule has 7 nitrogen and oxygen atoms in total. The molecule has 0 atom stereocenters. The second-order valence-electron chi connectivity index (χ2n) is 6.41. The predicted octanol–water partition coefficient (Wildman–Crippen LogP) is 3.10. The van der Waals surface area contributed by atoms with E-state index in [9.17, 15) is 14.4 Å². The van der Waals surface area contributed by atoms with Crippen LogP contribution in [-0.4, -0.2) is 57.3 Å². The Morgan fingerprint density at radius 1 is 0.760 bits per heavy atom. The number of quaternary nitrogens is 1. The van der Waals surface area contributed by atoms with Gasteiger partial charge in [-0.15, -0.1) is 0 Å². The number of carbonyl (C=O) groups is 3. The van der Waals surface area contributed by atoms with Gasteiger partial charge in [0, 0.05) is 0 Å². The Balaban J connectivity index is 4.89. The molecule has 0 aromatic rings. The molecule has 0 fully saturated rings. The van der Waals surface area contributed by atoms with Crippen LogP contribution in [-0.2, 0) is 14.4 Å². The second kappa shape index (κ2) is 13.4. The fourth-order valence-corrected chi connectivity index (χ4v) is 2.68. The number of rotatable bonds is 16. The van der Waals surface area contributed by atoms with E-state index in [1.165, 1.54) is 19.3 Å². The van der Waals surface area contributed by atoms with Gasteiger partial charge in [-0.2, -0.15) is 0 Å². The molecule has 3 N–H and O–H groups in total. The van der Waals surface area contributed by atoms with E-state index in [0.717, 1.165) is 19.3 Å². The zero-order valence-electron chi connectivity index (χ0n) is 15.2. The lowest BCUT2D eigenvalue weighted by Gasteiger charge is -2.34. The monoisotopic (exact) mass is 358 g/mol. The van der Waals surface area contributed by atoms with Crippen LogP contribution >= 0.6 is 0 Å². The Labute approximate surface area is 149 Å². The molecule has 144 valence electrons. The van der Waals surface area contributed by atoms with Gasteiger partial charge >= 0.3 is 17.9 Å². The van der Waals surface area contributed by atoms with E-state index in [2.05, 4.69) is 6.92 Å². The summed E-state index contributed by atoms with van der Waals surface area (Å²) in [5.41, 5.74) is 0. The van der Waals surface area contributed by atoms with E-state index in [0.29, 0.717) is 0 Å². The van der Waals surface area contributed by atoms with Crippen LogP contribution in [0, 0.1) is 0 Å². The van der Waals surface area contributed by atoms with Crippen LogP contribution < -0.4 is 0 Å². The molecule has 0 aliphatic heterocycles. The molecule has 0 saturated heterocycles. The lowest BCUT2D eigenvalue weighted by molar-refractivity contribution is -0.878. The van der Waals surface area contributed by atoms with Crippen molar-refractivity contribution in [1.82, 2.24) is 0 Å². The van der Waals surface area contributed by atoms with Crippen LogP contribution in [0.5, 0.6) is 0 Å². The van der Waals surface area contributed by atoms with Crippen LogP contribution in [0.15, 0.2) is 12.3 Å². The molecule has 0 unspecified atom stereocenters. The minimum Gasteiger partial charge on any atom is -0.481 e. The average molecular weight is 358 g/mol. The van der Waals surface area contributed by atoms with E-state index in [4.69, 9.17) is 15.3 Å². The standard InChI is InChI=1S/C18H31NO6/c1-2-3-4-5-6-7-8-12-19(13-9-16(20)21,14-10-17(22)23)15-11-18(24)25/h8,12H,2-7,9-11,13-15H2,1H3,(H2-,20,21,22,23,24,25)/p+1/b12-8+. The molecule has 0 rings (SSSR count). The number of hydrogen-bond acceptors (Lipinski definition) is 3. The quantitative estimate of drug-likeness (QED) is 0.289. The summed E-state index contributed by atoms with van der Waals surface area (Å²) in [7, 11) is 0. The van der Waals surface area contributed by atoms with Gasteiger partial charge in [0.2, 0.25) is 0 Å². The van der Waals surface area contributed by atoms with Gasteiger partial charge in [0.1, 0.15) is 0 Å². The predicted molar refractivity (Wildman–Crippen MR) is 94.1 cm³/mol. The van der Waals surface area contributed by atoms with Crippen LogP contribution in [0.1, 0.15) is 64.7 Å². The number of carboxylic acids is 3. The van der Waals surface area contributed by atoms with Gasteiger partial charge in [0.05, 0.1) is 45.1 Å². The van der Waals surface area contributed by atoms with Gasteiger partial charge in [-0.05, 0) is 18.9 Å². The molecule has 0 aliphatic rings. The fourth-order valence-electron chi connectivity index (χ4n) is 2.68. The van der Waals surface area contributed by atoms with Crippen LogP contribution in [0.4, 0.5) is 0 Å². The first kappa shape index (κ1) is 23.1. The van der Waals surface area contributed by atoms with Crippen molar-refractivity contribution in [3.63, 3.8) is 0 Å².